The first-order valence-electron chi connectivity index (χ1n) is 26.2. The molecule has 4 aromatic rings. The number of benzene rings is 2. The number of aromatic amines is 1. The van der Waals surface area contributed by atoms with Crippen LogP contribution in [-0.2, 0) is 67.4 Å². The molecule has 7 atom stereocenters. The number of likely N-dealkylation sites (N-methyl/N-ethyl adjacent to an activating group) is 1. The molecule has 2 aromatic carbocycles. The average Bonchev–Trinajstić information content (AvgIpc) is 2.03. The normalized spacial score (nSPS) is 22.4. The summed E-state index contributed by atoms with van der Waals surface area (Å²) in [7, 11) is -25.4. The number of anilines is 2. The van der Waals surface area contributed by atoms with Crippen LogP contribution < -0.4 is 26.6 Å². The van der Waals surface area contributed by atoms with Gasteiger partial charge in [-0.3, -0.25) is 32.8 Å². The molecule has 12 N–H and O–H groups in total. The van der Waals surface area contributed by atoms with Crippen molar-refractivity contribution in [2.24, 2.45) is 0 Å². The van der Waals surface area contributed by atoms with E-state index in [0.717, 1.165) is 39.2 Å². The molecule has 3 aliphatic heterocycles. The Balaban J connectivity index is 0.816. The van der Waals surface area contributed by atoms with E-state index in [1.807, 2.05) is 70.1 Å². The first kappa shape index (κ1) is 65.4. The van der Waals surface area contributed by atoms with Gasteiger partial charge in [-0.25, -0.2) is 23.8 Å². The smallest absolute Gasteiger partial charge is 0.387 e. The van der Waals surface area contributed by atoms with Gasteiger partial charge in [-0.1, -0.05) is 44.9 Å². The summed E-state index contributed by atoms with van der Waals surface area (Å²) >= 11 is 0. The molecule has 2 aromatic heterocycles. The maximum absolute atomic E-state index is 12.7. The Morgan fingerprint density at radius 2 is 1.51 bits per heavy atom. The van der Waals surface area contributed by atoms with Gasteiger partial charge >= 0.3 is 23.4 Å². The van der Waals surface area contributed by atoms with E-state index in [0.29, 0.717) is 63.7 Å². The molecule has 0 aliphatic carbocycles. The number of aromatic nitrogens is 4. The minimum atomic E-state index is -5.78. The van der Waals surface area contributed by atoms with Crippen molar-refractivity contribution < 1.29 is 91.8 Å². The zero-order valence-electron chi connectivity index (χ0n) is 45.8. The zero-order chi connectivity index (χ0) is 61.1. The maximum atomic E-state index is 12.7. The summed E-state index contributed by atoms with van der Waals surface area (Å²) in [5, 5.41) is 26.0. The van der Waals surface area contributed by atoms with Gasteiger partial charge < -0.3 is 45.6 Å². The fourth-order valence-corrected chi connectivity index (χ4v) is 14.9. The first-order chi connectivity index (χ1) is 38.7. The van der Waals surface area contributed by atoms with E-state index in [1.165, 1.54) is 24.3 Å². The Kier molecular flexibility index (Phi) is 20.4. The summed E-state index contributed by atoms with van der Waals surface area (Å²) < 4.78 is 127. The van der Waals surface area contributed by atoms with Crippen molar-refractivity contribution in [2.45, 2.75) is 131 Å². The highest BCUT2D eigenvalue weighted by Crippen LogP contribution is 2.66. The molecule has 3 unspecified atom stereocenters. The Morgan fingerprint density at radius 1 is 0.855 bits per heavy atom. The van der Waals surface area contributed by atoms with Gasteiger partial charge in [-0.15, -0.1) is 0 Å². The molecule has 0 radical (unpaired) electrons. The number of H-pyrrole nitrogens is 1. The van der Waals surface area contributed by atoms with Gasteiger partial charge in [0.1, 0.15) is 24.9 Å². The third-order valence-corrected chi connectivity index (χ3v) is 20.4. The number of carbonyl (C=O) groups excluding carboxylic acids is 1. The number of phosphoric ester groups is 1. The van der Waals surface area contributed by atoms with E-state index in [-0.39, 0.29) is 52.2 Å². The summed E-state index contributed by atoms with van der Waals surface area (Å²) in [6, 6.07) is 9.08. The van der Waals surface area contributed by atoms with E-state index in [4.69, 9.17) is 10.5 Å². The van der Waals surface area contributed by atoms with Gasteiger partial charge in [-0.2, -0.15) is 35.0 Å². The van der Waals surface area contributed by atoms with E-state index in [2.05, 4.69) is 42.9 Å². The van der Waals surface area contributed by atoms with Crippen LogP contribution in [0, 0.1) is 0 Å². The third-order valence-electron chi connectivity index (χ3n) is 14.3. The van der Waals surface area contributed by atoms with Gasteiger partial charge in [0.05, 0.1) is 28.1 Å². The van der Waals surface area contributed by atoms with Crippen LogP contribution in [0.4, 0.5) is 17.3 Å². The number of imidazole rings is 1. The third kappa shape index (κ3) is 15.7. The van der Waals surface area contributed by atoms with Gasteiger partial charge in [0.15, 0.2) is 23.1 Å². The molecule has 1 saturated heterocycles. The maximum Gasteiger partial charge on any atom is 0.489 e. The number of ether oxygens (including phenoxy) is 1. The number of nitrogens with two attached hydrogens (primary N) is 1. The van der Waals surface area contributed by atoms with Crippen molar-refractivity contribution in [3.05, 3.63) is 100 Å². The largest absolute Gasteiger partial charge is 0.489 e. The fourth-order valence-electron chi connectivity index (χ4n) is 10.2. The molecule has 0 spiro atoms. The van der Waals surface area contributed by atoms with Gasteiger partial charge in [0, 0.05) is 67.0 Å². The molecule has 34 heteroatoms. The lowest BCUT2D eigenvalue weighted by Gasteiger charge is -2.25. The van der Waals surface area contributed by atoms with Crippen molar-refractivity contribution in [1.82, 2.24) is 29.9 Å². The van der Waals surface area contributed by atoms with Crippen molar-refractivity contribution in [3.63, 3.8) is 0 Å². The lowest BCUT2D eigenvalue weighted by Crippen LogP contribution is -2.33. The summed E-state index contributed by atoms with van der Waals surface area (Å²) in [5.74, 6) is -0.448. The van der Waals surface area contributed by atoms with Gasteiger partial charge in [0.25, 0.3) is 25.8 Å². The molecule has 3 aliphatic rings. The quantitative estimate of drug-likeness (QED) is 0.0119. The zero-order valence-corrected chi connectivity index (χ0v) is 50.2. The molecule has 1 amide bonds. The second-order valence-electron chi connectivity index (χ2n) is 20.9. The van der Waals surface area contributed by atoms with Crippen molar-refractivity contribution in [3.8, 4) is 0 Å². The van der Waals surface area contributed by atoms with Crippen LogP contribution in [0.25, 0.3) is 11.2 Å². The van der Waals surface area contributed by atoms with Crippen LogP contribution in [0.15, 0.2) is 93.4 Å². The lowest BCUT2D eigenvalue weighted by atomic mass is 9.81. The predicted octanol–water partition coefficient (Wildman–Crippen LogP) is 4.88. The summed E-state index contributed by atoms with van der Waals surface area (Å²) in [6.07, 6.45) is 8.14. The van der Waals surface area contributed by atoms with Crippen LogP contribution in [-0.4, -0.2) is 138 Å². The number of phosphoric acid groups is 2. The highest BCUT2D eigenvalue weighted by Gasteiger charge is 2.48. The number of nitrogens with one attached hydrogen (secondary N) is 3. The Morgan fingerprint density at radius 3 is 2.18 bits per heavy atom. The average molecular weight is 1260 g/mol. The number of hydrogen-bond donors (Lipinski definition) is 11. The summed E-state index contributed by atoms with van der Waals surface area (Å²) in [4.78, 5) is 66.8. The number of allylic oxidation sites excluding steroid dienone is 6. The number of nitrogens with zero attached hydrogens (tertiary/aromatic N) is 5. The van der Waals surface area contributed by atoms with E-state index < -0.39 is 91.2 Å². The molecular weight excluding hydrogens is 1190 g/mol. The number of fused-ring (bicyclic) bond motifs is 3. The second-order valence-corrected chi connectivity index (χ2v) is 28.5. The standard InChI is InChI=1S/C49H68N9O20P3S2/c1-6-56-35-22-20-31(82(69,70)71)27-33(35)48(2,3)38(56)17-11-9-12-18-39-49(4,5)34-28-32(83(72,73)74)21-23-36(34)57(39)26-16-10-13-19-40(59)51-24-14-7-8-15-25-53-79(63,64)77-81(67,68)78-80(65,66)75-29-37-42(60)43(61)46(76-37)58-30-52-41-44(58)54-47(50)55-45(41)62/h9,11-12,17-18,20-23,27-28,30,37,42-43,46,60-61H,6-8,10,13-16,19,24-26,29H2,1-5H3,(H9-,50,51,53,54,55,59,62,63,64,65,66,67,68,69,70,71,72,73,74)/p+1/t37-,42-,43-,46-/m1/s1. The number of aliphatic hydroxyl groups excluding tert-OH is 2. The van der Waals surface area contributed by atoms with Gasteiger partial charge in [-0.05, 0) is 88.4 Å². The van der Waals surface area contributed by atoms with Crippen molar-refractivity contribution >= 4 is 83.7 Å². The Labute approximate surface area is 478 Å². The minimum absolute atomic E-state index is 0.129. The minimum Gasteiger partial charge on any atom is -0.387 e. The summed E-state index contributed by atoms with van der Waals surface area (Å²) in [6.45, 7) is 10.1. The van der Waals surface area contributed by atoms with Crippen molar-refractivity contribution in [1.29, 1.82) is 0 Å². The molecule has 1 fully saturated rings. The highest BCUT2D eigenvalue weighted by molar-refractivity contribution is 7.86. The number of aliphatic hydroxyl groups is 2. The van der Waals surface area contributed by atoms with Crippen LogP contribution >= 0.6 is 23.4 Å². The second kappa shape index (κ2) is 25.8. The molecule has 5 heterocycles. The number of amides is 1. The van der Waals surface area contributed by atoms with Crippen LogP contribution in [0.3, 0.4) is 0 Å². The molecule has 456 valence electrons. The predicted molar refractivity (Wildman–Crippen MR) is 302 cm³/mol. The van der Waals surface area contributed by atoms with E-state index >= 15 is 0 Å². The van der Waals surface area contributed by atoms with Crippen LogP contribution in [0.1, 0.15) is 103 Å². The first-order valence-corrected chi connectivity index (χ1v) is 33.7. The molecule has 0 saturated carbocycles. The lowest BCUT2D eigenvalue weighted by molar-refractivity contribution is -0.438. The molecule has 7 rings (SSSR count). The monoisotopic (exact) mass is 1260 g/mol. The number of carbonyl (C=O) groups is 1. The molecular formula is C49H69N9O20P3S2+. The number of hydrogen-bond acceptors (Lipinski definition) is 19. The number of unbranched alkanes of at least 4 members (excludes halogenated alkanes) is 5. The molecule has 0 bridgehead atoms. The SMILES string of the molecule is CCN1\C(=C/C=C\C=C\C2=[N+](CCCCCC(=O)NCCCCCCNP(=O)(O)OP(=O)(O)OP(=O)(O)OC[C@H]3O[C@@H](n4cnc5c(=O)[nH]c(N)nc54)[C@H](O)[C@@H]3O)c3ccc(S(=O)(=O)O)cc3C2(C)C)C(C)(C)c2cc(S(=O)(=O)O)ccc21. The topological polar surface area (TPSA) is 435 Å². The Hall–Kier alpha value is -5.14. The van der Waals surface area contributed by atoms with Gasteiger partial charge in [0.2, 0.25) is 17.5 Å². The summed E-state index contributed by atoms with van der Waals surface area (Å²) in [5.41, 5.74) is 8.18. The number of nitrogen functional groups attached to an aromatic ring is 1. The van der Waals surface area contributed by atoms with Crippen molar-refractivity contribution in [2.75, 3.05) is 43.4 Å². The molecule has 83 heavy (non-hydrogen) atoms. The highest BCUT2D eigenvalue weighted by atomic mass is 32.2. The fraction of sp³-hybridized carbons (Fsp3) is 0.490. The Bertz CT molecular complexity index is 3680. The van der Waals surface area contributed by atoms with E-state index in [1.54, 1.807) is 12.1 Å². The van der Waals surface area contributed by atoms with Crippen LogP contribution in [0.2, 0.25) is 0 Å². The van der Waals surface area contributed by atoms with Crippen LogP contribution in [0.5, 0.6) is 0 Å². The number of rotatable bonds is 28. The van der Waals surface area contributed by atoms with E-state index in [9.17, 15) is 74.1 Å². The molecule has 29 nitrogen and oxygen atoms in total.